The minimum atomic E-state index is -1.53. The van der Waals surface area contributed by atoms with Gasteiger partial charge in [0.05, 0.1) is 36.6 Å². The van der Waals surface area contributed by atoms with Crippen LogP contribution in [-0.2, 0) is 9.47 Å². The first-order chi connectivity index (χ1) is 21.2. The molecule has 6 aliphatic rings. The van der Waals surface area contributed by atoms with Crippen LogP contribution in [0.25, 0.3) is 0 Å². The van der Waals surface area contributed by atoms with Gasteiger partial charge in [0, 0.05) is 0 Å². The van der Waals surface area contributed by atoms with Gasteiger partial charge in [-0.2, -0.15) is 0 Å². The third-order valence-electron chi connectivity index (χ3n) is 15.6. The largest absolute Gasteiger partial charge is 0.394 e. The lowest BCUT2D eigenvalue weighted by molar-refractivity contribution is -0.331. The fourth-order valence-corrected chi connectivity index (χ4v) is 12.9. The Balaban J connectivity index is 1.33. The van der Waals surface area contributed by atoms with Gasteiger partial charge in [-0.1, -0.05) is 34.6 Å². The Labute approximate surface area is 274 Å². The number of ether oxygens (including phenoxy) is 2. The van der Waals surface area contributed by atoms with Gasteiger partial charge >= 0.3 is 0 Å². The maximum absolute atomic E-state index is 11.8. The molecule has 6 rings (SSSR count). The first-order valence-corrected chi connectivity index (χ1v) is 17.9. The van der Waals surface area contributed by atoms with E-state index in [0.717, 1.165) is 25.7 Å². The van der Waals surface area contributed by atoms with E-state index in [9.17, 15) is 40.9 Å². The monoisotopic (exact) mass is 654 g/mol. The molecule has 1 aliphatic heterocycles. The number of hydrogen-bond acceptors (Lipinski definition) is 10. The molecule has 0 aromatic heterocycles. The van der Waals surface area contributed by atoms with Crippen LogP contribution in [0, 0.1) is 50.7 Å². The Morgan fingerprint density at radius 1 is 0.891 bits per heavy atom. The summed E-state index contributed by atoms with van der Waals surface area (Å²) in [7, 11) is 0. The second-order valence-electron chi connectivity index (χ2n) is 18.4. The van der Waals surface area contributed by atoms with Crippen LogP contribution in [0.2, 0.25) is 0 Å². The highest BCUT2D eigenvalue weighted by Gasteiger charge is 2.84. The highest BCUT2D eigenvalue weighted by atomic mass is 16.7. The zero-order valence-corrected chi connectivity index (χ0v) is 29.0. The highest BCUT2D eigenvalue weighted by molar-refractivity contribution is 5.32. The van der Waals surface area contributed by atoms with Crippen molar-refractivity contribution in [3.63, 3.8) is 0 Å². The average molecular weight is 655 g/mol. The molecule has 2 spiro atoms. The van der Waals surface area contributed by atoms with Gasteiger partial charge in [0.1, 0.15) is 24.4 Å². The van der Waals surface area contributed by atoms with E-state index < -0.39 is 72.7 Å². The van der Waals surface area contributed by atoms with Crippen molar-refractivity contribution in [2.75, 3.05) is 6.61 Å². The topological polar surface area (TPSA) is 180 Å². The van der Waals surface area contributed by atoms with Crippen molar-refractivity contribution in [2.45, 2.75) is 167 Å². The van der Waals surface area contributed by atoms with E-state index in [-0.39, 0.29) is 45.3 Å². The van der Waals surface area contributed by atoms with E-state index in [1.165, 1.54) is 0 Å². The second kappa shape index (κ2) is 11.3. The molecule has 10 nitrogen and oxygen atoms in total. The van der Waals surface area contributed by atoms with Crippen LogP contribution in [0.1, 0.15) is 106 Å². The summed E-state index contributed by atoms with van der Waals surface area (Å²) in [6.07, 6.45) is -1.90. The van der Waals surface area contributed by atoms with Gasteiger partial charge in [0.15, 0.2) is 6.29 Å². The standard InChI is InChI=1S/C36H62O10/c1-18(8-9-24(40)32(4,5)44)25-19(38)15-34(7)22-14-20(45-30-28(43)27(42)26(41)21(16-37)46-30)29-31(2,3)23(39)10-11-36(29)17-35(22,36)13-12-33(25,34)6/h18-30,37-44H,8-17H2,1-7H3/t18-,19+,20+,21-,22+,23+,24+,25+,26-,27+,28-,29+,30-,33-,34+,35+,36+/m1/s1. The van der Waals surface area contributed by atoms with E-state index in [1.54, 1.807) is 13.8 Å². The van der Waals surface area contributed by atoms with Crippen molar-refractivity contribution in [3.05, 3.63) is 0 Å². The first-order valence-electron chi connectivity index (χ1n) is 17.9. The lowest BCUT2D eigenvalue weighted by Gasteiger charge is -2.65. The summed E-state index contributed by atoms with van der Waals surface area (Å²) >= 11 is 0. The van der Waals surface area contributed by atoms with Crippen LogP contribution in [0.3, 0.4) is 0 Å². The summed E-state index contributed by atoms with van der Waals surface area (Å²) in [5.74, 6) is 0.363. The van der Waals surface area contributed by atoms with Gasteiger partial charge in [-0.3, -0.25) is 0 Å². The van der Waals surface area contributed by atoms with Gasteiger partial charge in [-0.05, 0) is 122 Å². The van der Waals surface area contributed by atoms with Crippen molar-refractivity contribution >= 4 is 0 Å². The Morgan fingerprint density at radius 3 is 2.20 bits per heavy atom. The maximum Gasteiger partial charge on any atom is 0.186 e. The highest BCUT2D eigenvalue weighted by Crippen LogP contribution is 2.89. The second-order valence-corrected chi connectivity index (χ2v) is 18.4. The van der Waals surface area contributed by atoms with E-state index in [2.05, 4.69) is 34.6 Å². The summed E-state index contributed by atoms with van der Waals surface area (Å²) in [4.78, 5) is 0. The minimum Gasteiger partial charge on any atom is -0.394 e. The molecule has 5 aliphatic carbocycles. The molecule has 10 heteroatoms. The molecule has 5 saturated carbocycles. The molecule has 0 aromatic carbocycles. The molecule has 6 fully saturated rings. The third kappa shape index (κ3) is 4.78. The zero-order chi connectivity index (χ0) is 34.0. The van der Waals surface area contributed by atoms with Crippen molar-refractivity contribution < 1.29 is 50.3 Å². The molecule has 8 N–H and O–H groups in total. The zero-order valence-electron chi connectivity index (χ0n) is 29.0. The van der Waals surface area contributed by atoms with Gasteiger partial charge in [0.2, 0.25) is 0 Å². The molecule has 1 saturated heterocycles. The van der Waals surface area contributed by atoms with E-state index in [0.29, 0.717) is 32.1 Å². The normalized spacial score (nSPS) is 54.2. The van der Waals surface area contributed by atoms with Crippen molar-refractivity contribution in [2.24, 2.45) is 50.7 Å². The lowest BCUT2D eigenvalue weighted by atomic mass is 9.41. The van der Waals surface area contributed by atoms with Crippen molar-refractivity contribution in [3.8, 4) is 0 Å². The van der Waals surface area contributed by atoms with Gasteiger partial charge < -0.3 is 50.3 Å². The maximum atomic E-state index is 11.8. The van der Waals surface area contributed by atoms with E-state index in [4.69, 9.17) is 9.47 Å². The van der Waals surface area contributed by atoms with Crippen LogP contribution < -0.4 is 0 Å². The molecular formula is C36H62O10. The number of rotatable bonds is 8. The quantitative estimate of drug-likeness (QED) is 0.181. The van der Waals surface area contributed by atoms with Crippen LogP contribution in [-0.4, -0.2) is 108 Å². The Bertz CT molecular complexity index is 1140. The van der Waals surface area contributed by atoms with Gasteiger partial charge in [-0.15, -0.1) is 0 Å². The number of aliphatic hydroxyl groups is 8. The summed E-state index contributed by atoms with van der Waals surface area (Å²) < 4.78 is 12.6. The summed E-state index contributed by atoms with van der Waals surface area (Å²) in [5, 5.41) is 85.9. The van der Waals surface area contributed by atoms with Crippen LogP contribution in [0.15, 0.2) is 0 Å². The lowest BCUT2D eigenvalue weighted by Crippen LogP contribution is -2.64. The van der Waals surface area contributed by atoms with Crippen LogP contribution in [0.5, 0.6) is 0 Å². The summed E-state index contributed by atoms with van der Waals surface area (Å²) in [6, 6.07) is 0. The number of aliphatic hydroxyl groups excluding tert-OH is 7. The first kappa shape index (κ1) is 35.4. The molecule has 1 heterocycles. The van der Waals surface area contributed by atoms with Crippen LogP contribution >= 0.6 is 0 Å². The predicted octanol–water partition coefficient (Wildman–Crippen LogP) is 2.10. The Hall–Kier alpha value is -0.400. The fourth-order valence-electron chi connectivity index (χ4n) is 12.9. The molecule has 46 heavy (non-hydrogen) atoms. The fraction of sp³-hybridized carbons (Fsp3) is 1.00. The van der Waals surface area contributed by atoms with Gasteiger partial charge in [-0.25, -0.2) is 0 Å². The van der Waals surface area contributed by atoms with E-state index in [1.807, 2.05) is 0 Å². The molecule has 0 unspecified atom stereocenters. The van der Waals surface area contributed by atoms with Crippen molar-refractivity contribution in [1.82, 2.24) is 0 Å². The SMILES string of the molecule is C[C@H](CC[C@H](O)C(C)(C)O)[C@H]1[C@@H](O)C[C@@]2(C)[C@@H]3C[C@H](O[C@@H]4O[C@H](CO)[C@@H](O)[C@H](O)[C@H]4O)[C@H]4C(C)(C)[C@@H](O)CC[C@]45C[C@@]35CC[C@]12C. The number of fused-ring (bicyclic) bond motifs is 2. The molecule has 0 bridgehead atoms. The third-order valence-corrected chi connectivity index (χ3v) is 15.6. The molecule has 0 aromatic rings. The Kier molecular flexibility index (Phi) is 8.71. The van der Waals surface area contributed by atoms with Crippen molar-refractivity contribution in [1.29, 1.82) is 0 Å². The summed E-state index contributed by atoms with van der Waals surface area (Å²) in [5.41, 5.74) is -2.04. The minimum absolute atomic E-state index is 0.0234. The average Bonchev–Trinajstić information content (AvgIpc) is 3.57. The number of hydrogen-bond donors (Lipinski definition) is 8. The van der Waals surface area contributed by atoms with Gasteiger partial charge in [0.25, 0.3) is 0 Å². The summed E-state index contributed by atoms with van der Waals surface area (Å²) in [6.45, 7) is 13.9. The smallest absolute Gasteiger partial charge is 0.186 e. The predicted molar refractivity (Wildman–Crippen MR) is 169 cm³/mol. The molecule has 266 valence electrons. The molecule has 0 amide bonds. The molecule has 0 radical (unpaired) electrons. The van der Waals surface area contributed by atoms with Crippen LogP contribution in [0.4, 0.5) is 0 Å². The Morgan fingerprint density at radius 2 is 1.57 bits per heavy atom. The molecular weight excluding hydrogens is 592 g/mol. The van der Waals surface area contributed by atoms with E-state index >= 15 is 0 Å². The molecule has 17 atom stereocenters.